The number of carbonyl (C=O) groups excluding carboxylic acids is 1. The highest BCUT2D eigenvalue weighted by Crippen LogP contribution is 2.26. The normalized spacial score (nSPS) is 10.3. The number of halogens is 3. The minimum absolute atomic E-state index is 0.159. The number of rotatable bonds is 3. The third kappa shape index (κ3) is 3.96. The van der Waals surface area contributed by atoms with Crippen molar-refractivity contribution >= 4 is 50.7 Å². The standard InChI is InChI=1S/C14H10BrCl2NO/c15-10-5-6-12(17)13(8-10)18-14(19)7-9-3-1-2-4-11(9)16/h1-6,8H,7H2,(H,18,19). The maximum Gasteiger partial charge on any atom is 0.228 e. The van der Waals surface area contributed by atoms with E-state index in [4.69, 9.17) is 23.2 Å². The number of anilines is 1. The van der Waals surface area contributed by atoms with Crippen LogP contribution in [0.4, 0.5) is 5.69 Å². The van der Waals surface area contributed by atoms with Gasteiger partial charge in [0.1, 0.15) is 0 Å². The molecule has 0 bridgehead atoms. The fraction of sp³-hybridized carbons (Fsp3) is 0.0714. The van der Waals surface area contributed by atoms with E-state index in [0.717, 1.165) is 10.0 Å². The van der Waals surface area contributed by atoms with Crippen molar-refractivity contribution < 1.29 is 4.79 Å². The highest BCUT2D eigenvalue weighted by molar-refractivity contribution is 9.10. The number of hydrogen-bond acceptors (Lipinski definition) is 1. The van der Waals surface area contributed by atoms with Crippen LogP contribution in [0.5, 0.6) is 0 Å². The van der Waals surface area contributed by atoms with Gasteiger partial charge in [0, 0.05) is 9.50 Å². The van der Waals surface area contributed by atoms with Crippen LogP contribution >= 0.6 is 39.1 Å². The summed E-state index contributed by atoms with van der Waals surface area (Å²) >= 11 is 15.4. The number of benzene rings is 2. The summed E-state index contributed by atoms with van der Waals surface area (Å²) in [5, 5.41) is 3.84. The molecule has 5 heteroatoms. The van der Waals surface area contributed by atoms with Crippen molar-refractivity contribution in [3.8, 4) is 0 Å². The maximum absolute atomic E-state index is 12.0. The van der Waals surface area contributed by atoms with Crippen molar-refractivity contribution in [2.75, 3.05) is 5.32 Å². The molecule has 0 aliphatic heterocycles. The van der Waals surface area contributed by atoms with Gasteiger partial charge in [0.25, 0.3) is 0 Å². The van der Waals surface area contributed by atoms with Gasteiger partial charge in [-0.25, -0.2) is 0 Å². The molecule has 0 atom stereocenters. The van der Waals surface area contributed by atoms with Crippen LogP contribution in [0.2, 0.25) is 10.0 Å². The molecule has 0 aliphatic carbocycles. The monoisotopic (exact) mass is 357 g/mol. The fourth-order valence-electron chi connectivity index (χ4n) is 1.60. The molecule has 98 valence electrons. The van der Waals surface area contributed by atoms with Gasteiger partial charge in [-0.15, -0.1) is 0 Å². The SMILES string of the molecule is O=C(Cc1ccccc1Cl)Nc1cc(Br)ccc1Cl. The topological polar surface area (TPSA) is 29.1 Å². The third-order valence-corrected chi connectivity index (χ3v) is 3.70. The predicted molar refractivity (Wildman–Crippen MR) is 82.9 cm³/mol. The van der Waals surface area contributed by atoms with Gasteiger partial charge in [-0.3, -0.25) is 4.79 Å². The molecule has 0 saturated heterocycles. The quantitative estimate of drug-likeness (QED) is 0.827. The van der Waals surface area contributed by atoms with Crippen LogP contribution in [0.1, 0.15) is 5.56 Å². The molecule has 1 amide bonds. The Bertz CT molecular complexity index is 616. The summed E-state index contributed by atoms with van der Waals surface area (Å²) in [7, 11) is 0. The molecule has 0 unspecified atom stereocenters. The zero-order valence-corrected chi connectivity index (χ0v) is 12.9. The summed E-state index contributed by atoms with van der Waals surface area (Å²) in [5.41, 5.74) is 1.36. The zero-order valence-electron chi connectivity index (χ0n) is 9.79. The lowest BCUT2D eigenvalue weighted by Crippen LogP contribution is -2.14. The van der Waals surface area contributed by atoms with Crippen molar-refractivity contribution in [3.63, 3.8) is 0 Å². The first kappa shape index (κ1) is 14.4. The lowest BCUT2D eigenvalue weighted by Gasteiger charge is -2.08. The van der Waals surface area contributed by atoms with E-state index in [-0.39, 0.29) is 12.3 Å². The van der Waals surface area contributed by atoms with E-state index in [1.54, 1.807) is 18.2 Å². The van der Waals surface area contributed by atoms with Crippen molar-refractivity contribution in [2.45, 2.75) is 6.42 Å². The summed E-state index contributed by atoms with van der Waals surface area (Å²) in [6.07, 6.45) is 0.211. The maximum atomic E-state index is 12.0. The van der Waals surface area contributed by atoms with Crippen LogP contribution in [0.25, 0.3) is 0 Å². The van der Waals surface area contributed by atoms with E-state index < -0.39 is 0 Å². The third-order valence-electron chi connectivity index (χ3n) is 2.51. The number of hydrogen-bond donors (Lipinski definition) is 1. The highest BCUT2D eigenvalue weighted by atomic mass is 79.9. The minimum Gasteiger partial charge on any atom is -0.324 e. The molecule has 0 aromatic heterocycles. The van der Waals surface area contributed by atoms with Crippen molar-refractivity contribution in [3.05, 3.63) is 62.5 Å². The lowest BCUT2D eigenvalue weighted by molar-refractivity contribution is -0.115. The predicted octanol–water partition coefficient (Wildman–Crippen LogP) is 4.94. The van der Waals surface area contributed by atoms with E-state index in [9.17, 15) is 4.79 Å². The largest absolute Gasteiger partial charge is 0.324 e. The second-order valence-corrected chi connectivity index (χ2v) is 5.67. The summed E-state index contributed by atoms with van der Waals surface area (Å²) in [6, 6.07) is 12.5. The Morgan fingerprint density at radius 2 is 1.84 bits per heavy atom. The van der Waals surface area contributed by atoms with Crippen LogP contribution in [-0.2, 0) is 11.2 Å². The summed E-state index contributed by atoms with van der Waals surface area (Å²) < 4.78 is 0.852. The first-order valence-electron chi connectivity index (χ1n) is 5.54. The van der Waals surface area contributed by atoms with Gasteiger partial charge in [0.05, 0.1) is 17.1 Å². The molecule has 0 aliphatic rings. The van der Waals surface area contributed by atoms with Gasteiger partial charge in [-0.2, -0.15) is 0 Å². The van der Waals surface area contributed by atoms with Crippen LogP contribution < -0.4 is 5.32 Å². The van der Waals surface area contributed by atoms with E-state index in [0.29, 0.717) is 15.7 Å². The first-order chi connectivity index (χ1) is 9.06. The molecular formula is C14H10BrCl2NO. The van der Waals surface area contributed by atoms with E-state index in [1.807, 2.05) is 24.3 Å². The van der Waals surface area contributed by atoms with E-state index in [1.165, 1.54) is 0 Å². The van der Waals surface area contributed by atoms with Crippen LogP contribution in [-0.4, -0.2) is 5.91 Å². The second kappa shape index (κ2) is 6.42. The Balaban J connectivity index is 2.10. The van der Waals surface area contributed by atoms with Gasteiger partial charge >= 0.3 is 0 Å². The first-order valence-corrected chi connectivity index (χ1v) is 7.09. The average molecular weight is 359 g/mol. The molecule has 1 N–H and O–H groups in total. The molecular weight excluding hydrogens is 349 g/mol. The number of nitrogens with one attached hydrogen (secondary N) is 1. The van der Waals surface area contributed by atoms with Gasteiger partial charge in [0.2, 0.25) is 5.91 Å². The van der Waals surface area contributed by atoms with Gasteiger partial charge in [-0.1, -0.05) is 57.3 Å². The fourth-order valence-corrected chi connectivity index (χ4v) is 2.33. The Morgan fingerprint density at radius 1 is 1.11 bits per heavy atom. The van der Waals surface area contributed by atoms with Crippen LogP contribution in [0.15, 0.2) is 46.9 Å². The Labute approximate surface area is 129 Å². The number of amides is 1. The van der Waals surface area contributed by atoms with Crippen LogP contribution in [0.3, 0.4) is 0 Å². The molecule has 2 rings (SSSR count). The lowest BCUT2D eigenvalue weighted by atomic mass is 10.1. The van der Waals surface area contributed by atoms with Gasteiger partial charge in [0.15, 0.2) is 0 Å². The average Bonchev–Trinajstić information content (AvgIpc) is 2.37. The molecule has 0 saturated carbocycles. The minimum atomic E-state index is -0.159. The van der Waals surface area contributed by atoms with E-state index in [2.05, 4.69) is 21.2 Å². The van der Waals surface area contributed by atoms with Crippen molar-refractivity contribution in [1.82, 2.24) is 0 Å². The smallest absolute Gasteiger partial charge is 0.228 e. The van der Waals surface area contributed by atoms with E-state index >= 15 is 0 Å². The van der Waals surface area contributed by atoms with Gasteiger partial charge < -0.3 is 5.32 Å². The molecule has 2 aromatic carbocycles. The molecule has 2 nitrogen and oxygen atoms in total. The van der Waals surface area contributed by atoms with Crippen molar-refractivity contribution in [1.29, 1.82) is 0 Å². The molecule has 0 radical (unpaired) electrons. The highest BCUT2D eigenvalue weighted by Gasteiger charge is 2.09. The van der Waals surface area contributed by atoms with Gasteiger partial charge in [-0.05, 0) is 29.8 Å². The number of carbonyl (C=O) groups is 1. The van der Waals surface area contributed by atoms with Crippen LogP contribution in [0, 0.1) is 0 Å². The molecule has 0 spiro atoms. The molecule has 0 fully saturated rings. The summed E-state index contributed by atoms with van der Waals surface area (Å²) in [4.78, 5) is 12.0. The van der Waals surface area contributed by atoms with Crippen molar-refractivity contribution in [2.24, 2.45) is 0 Å². The molecule has 2 aromatic rings. The second-order valence-electron chi connectivity index (χ2n) is 3.94. The Kier molecular flexibility index (Phi) is 4.86. The summed E-state index contributed by atoms with van der Waals surface area (Å²) in [6.45, 7) is 0. The summed E-state index contributed by atoms with van der Waals surface area (Å²) in [5.74, 6) is -0.159. The zero-order chi connectivity index (χ0) is 13.8. The molecule has 0 heterocycles. The molecule has 19 heavy (non-hydrogen) atoms. The Hall–Kier alpha value is -1.03. The Morgan fingerprint density at radius 3 is 2.58 bits per heavy atom.